The van der Waals surface area contributed by atoms with E-state index >= 15 is 0 Å². The molecular weight excluding hydrogens is 582 g/mol. The molecule has 9 heteroatoms. The predicted octanol–water partition coefficient (Wildman–Crippen LogP) is 7.14. The van der Waals surface area contributed by atoms with Crippen LogP contribution in [0.25, 0.3) is 17.0 Å². The number of rotatable bonds is 6. The Balaban J connectivity index is 1.45. The second-order valence-corrected chi connectivity index (χ2v) is 10.1. The van der Waals surface area contributed by atoms with Gasteiger partial charge in [0.25, 0.3) is 5.91 Å². The van der Waals surface area contributed by atoms with Gasteiger partial charge in [0.15, 0.2) is 9.84 Å². The maximum Gasteiger partial charge on any atom is 0.266 e. The molecule has 1 aliphatic rings. The number of aromatic nitrogens is 1. The van der Waals surface area contributed by atoms with Crippen molar-refractivity contribution in [3.63, 3.8) is 0 Å². The number of thioether (sulfide) groups is 1. The molecule has 1 amide bonds. The van der Waals surface area contributed by atoms with Crippen LogP contribution in [0, 0.1) is 0 Å². The molecule has 1 fully saturated rings. The topological polar surface area (TPSA) is 70.8 Å². The van der Waals surface area contributed by atoms with Gasteiger partial charge in [-0.15, -0.1) is 0 Å². The first-order chi connectivity index (χ1) is 16.5. The summed E-state index contributed by atoms with van der Waals surface area (Å²) in [6.45, 7) is 0.506. The molecular formula is C25H19Br2N3O3S. The number of para-hydroxylation sites is 1. The van der Waals surface area contributed by atoms with Gasteiger partial charge in [-0.05, 0) is 92.0 Å². The van der Waals surface area contributed by atoms with Crippen molar-refractivity contribution in [3.05, 3.63) is 86.2 Å². The molecule has 0 saturated carbocycles. The quantitative estimate of drug-likeness (QED) is 0.239. The number of nitrogens with one attached hydrogen (secondary N) is 1. The zero-order chi connectivity index (χ0) is 23.7. The number of hydrogen-bond donors (Lipinski definition) is 1. The lowest BCUT2D eigenvalue weighted by Crippen LogP contribution is -2.31. The van der Waals surface area contributed by atoms with Crippen molar-refractivity contribution in [1.82, 2.24) is 9.88 Å². The highest BCUT2D eigenvalue weighted by Gasteiger charge is 2.33. The number of furan rings is 1. The van der Waals surface area contributed by atoms with Gasteiger partial charge in [-0.3, -0.25) is 9.69 Å². The Hall–Kier alpha value is -2.75. The predicted molar refractivity (Wildman–Crippen MR) is 143 cm³/mol. The minimum absolute atomic E-state index is 0.0965. The zero-order valence-corrected chi connectivity index (χ0v) is 22.0. The van der Waals surface area contributed by atoms with Crippen LogP contribution in [0.5, 0.6) is 5.75 Å². The molecule has 34 heavy (non-hydrogen) atoms. The summed E-state index contributed by atoms with van der Waals surface area (Å²) in [6, 6.07) is 17.4. The van der Waals surface area contributed by atoms with Crippen LogP contribution in [-0.2, 0) is 11.2 Å². The van der Waals surface area contributed by atoms with Gasteiger partial charge in [0, 0.05) is 29.7 Å². The van der Waals surface area contributed by atoms with Crippen LogP contribution >= 0.6 is 43.6 Å². The van der Waals surface area contributed by atoms with Gasteiger partial charge >= 0.3 is 0 Å². The number of aliphatic imine (C=N–C) groups is 1. The number of nitrogens with zero attached hydrogens (tertiary/aromatic N) is 2. The standard InChI is InChI=1S/C25H19Br2N3O3S/c1-32-17-8-6-16(7-9-17)29-25-30(11-10-15-14-28-21-5-3-2-4-19(15)21)24(31)22(34-25)13-18-12-20(26)23(27)33-18/h2-9,12-14,28H,10-11H2,1H3/b22-13-,29-25?. The highest BCUT2D eigenvalue weighted by atomic mass is 79.9. The molecule has 1 aliphatic heterocycles. The van der Waals surface area contributed by atoms with E-state index in [0.717, 1.165) is 32.4 Å². The van der Waals surface area contributed by atoms with Crippen molar-refractivity contribution in [1.29, 1.82) is 0 Å². The van der Waals surface area contributed by atoms with E-state index in [0.29, 0.717) is 33.5 Å². The van der Waals surface area contributed by atoms with Gasteiger partial charge < -0.3 is 14.1 Å². The van der Waals surface area contributed by atoms with Gasteiger partial charge in [0.1, 0.15) is 11.5 Å². The Kier molecular flexibility index (Phi) is 6.67. The molecule has 0 bridgehead atoms. The normalized spacial score (nSPS) is 16.3. The maximum absolute atomic E-state index is 13.4. The van der Waals surface area contributed by atoms with Crippen LogP contribution in [0.4, 0.5) is 5.69 Å². The molecule has 0 radical (unpaired) electrons. The number of H-pyrrole nitrogens is 1. The third kappa shape index (κ3) is 4.73. The van der Waals surface area contributed by atoms with Crippen molar-refractivity contribution in [2.45, 2.75) is 6.42 Å². The monoisotopic (exact) mass is 599 g/mol. The minimum atomic E-state index is -0.0965. The maximum atomic E-state index is 13.4. The number of carbonyl (C=O) groups is 1. The third-order valence-electron chi connectivity index (χ3n) is 5.40. The Morgan fingerprint density at radius 1 is 1.18 bits per heavy atom. The Morgan fingerprint density at radius 3 is 2.71 bits per heavy atom. The van der Waals surface area contributed by atoms with Crippen molar-refractivity contribution in [3.8, 4) is 5.75 Å². The molecule has 1 N–H and O–H groups in total. The summed E-state index contributed by atoms with van der Waals surface area (Å²) in [6.07, 6.45) is 4.45. The van der Waals surface area contributed by atoms with E-state index in [-0.39, 0.29) is 5.91 Å². The van der Waals surface area contributed by atoms with Crippen molar-refractivity contribution in [2.75, 3.05) is 13.7 Å². The first-order valence-corrected chi connectivity index (χ1v) is 12.9. The summed E-state index contributed by atoms with van der Waals surface area (Å²) in [5.74, 6) is 1.24. The number of halogens is 2. The SMILES string of the molecule is COc1ccc(N=C2S/C(=C\c3cc(Br)c(Br)o3)C(=O)N2CCc2c[nH]c3ccccc23)cc1. The molecule has 172 valence electrons. The lowest BCUT2D eigenvalue weighted by Gasteiger charge is -2.15. The van der Waals surface area contributed by atoms with E-state index in [9.17, 15) is 4.79 Å². The number of ether oxygens (including phenoxy) is 1. The van der Waals surface area contributed by atoms with E-state index in [2.05, 4.69) is 42.9 Å². The first kappa shape index (κ1) is 23.0. The Labute approximate surface area is 217 Å². The lowest BCUT2D eigenvalue weighted by molar-refractivity contribution is -0.122. The largest absolute Gasteiger partial charge is 0.497 e. The van der Waals surface area contributed by atoms with E-state index < -0.39 is 0 Å². The van der Waals surface area contributed by atoms with E-state index in [1.807, 2.05) is 54.7 Å². The molecule has 1 saturated heterocycles. The summed E-state index contributed by atoms with van der Waals surface area (Å²) in [4.78, 5) is 23.8. The Bertz CT molecular complexity index is 1400. The fourth-order valence-electron chi connectivity index (χ4n) is 3.69. The van der Waals surface area contributed by atoms with E-state index in [1.54, 1.807) is 18.1 Å². The number of benzene rings is 2. The van der Waals surface area contributed by atoms with Crippen LogP contribution < -0.4 is 4.74 Å². The highest BCUT2D eigenvalue weighted by Crippen LogP contribution is 2.36. The van der Waals surface area contributed by atoms with Crippen LogP contribution in [0.3, 0.4) is 0 Å². The number of methoxy groups -OCH3 is 1. The number of aromatic amines is 1. The summed E-state index contributed by atoms with van der Waals surface area (Å²) < 4.78 is 12.3. The number of hydrogen-bond acceptors (Lipinski definition) is 5. The summed E-state index contributed by atoms with van der Waals surface area (Å²) in [5, 5.41) is 1.79. The number of amides is 1. The van der Waals surface area contributed by atoms with Gasteiger partial charge in [-0.25, -0.2) is 4.99 Å². The van der Waals surface area contributed by atoms with Crippen LogP contribution in [0.1, 0.15) is 11.3 Å². The molecule has 0 unspecified atom stereocenters. The van der Waals surface area contributed by atoms with Crippen LogP contribution in [0.15, 0.2) is 84.3 Å². The van der Waals surface area contributed by atoms with Gasteiger partial charge in [-0.1, -0.05) is 18.2 Å². The lowest BCUT2D eigenvalue weighted by atomic mass is 10.1. The minimum Gasteiger partial charge on any atom is -0.497 e. The van der Waals surface area contributed by atoms with Crippen LogP contribution in [0.2, 0.25) is 0 Å². The van der Waals surface area contributed by atoms with Crippen molar-refractivity contribution < 1.29 is 13.9 Å². The fourth-order valence-corrected chi connectivity index (χ4v) is 5.30. The second kappa shape index (κ2) is 9.85. The molecule has 0 atom stereocenters. The highest BCUT2D eigenvalue weighted by molar-refractivity contribution is 9.13. The molecule has 0 spiro atoms. The number of amidine groups is 1. The van der Waals surface area contributed by atoms with Gasteiger partial charge in [0.05, 0.1) is 22.2 Å². The second-order valence-electron chi connectivity index (χ2n) is 7.54. The average molecular weight is 601 g/mol. The van der Waals surface area contributed by atoms with Crippen molar-refractivity contribution in [2.24, 2.45) is 4.99 Å². The third-order valence-corrected chi connectivity index (χ3v) is 8.12. The number of carbonyl (C=O) groups excluding carboxylic acids is 1. The summed E-state index contributed by atoms with van der Waals surface area (Å²) in [7, 11) is 1.63. The molecule has 2 aromatic heterocycles. The smallest absolute Gasteiger partial charge is 0.266 e. The molecule has 6 nitrogen and oxygen atoms in total. The molecule has 0 aliphatic carbocycles. The number of fused-ring (bicyclic) bond motifs is 1. The van der Waals surface area contributed by atoms with Gasteiger partial charge in [0.2, 0.25) is 0 Å². The summed E-state index contributed by atoms with van der Waals surface area (Å²) >= 11 is 8.10. The average Bonchev–Trinajstić information content (AvgIpc) is 3.49. The van der Waals surface area contributed by atoms with Crippen molar-refractivity contribution >= 4 is 77.4 Å². The zero-order valence-electron chi connectivity index (χ0n) is 18.0. The summed E-state index contributed by atoms with van der Waals surface area (Å²) in [5.41, 5.74) is 2.99. The van der Waals surface area contributed by atoms with E-state index in [1.165, 1.54) is 11.8 Å². The Morgan fingerprint density at radius 2 is 1.97 bits per heavy atom. The van der Waals surface area contributed by atoms with Crippen LogP contribution in [-0.4, -0.2) is 34.6 Å². The molecule has 5 rings (SSSR count). The molecule has 4 aromatic rings. The molecule has 2 aromatic carbocycles. The fraction of sp³-hybridized carbons (Fsp3) is 0.120. The first-order valence-electron chi connectivity index (χ1n) is 10.5. The molecule has 3 heterocycles. The van der Waals surface area contributed by atoms with E-state index in [4.69, 9.17) is 14.1 Å². The van der Waals surface area contributed by atoms with Gasteiger partial charge in [-0.2, -0.15) is 0 Å².